The quantitative estimate of drug-likeness (QED) is 0.733. The number of carbonyl (C=O) groups excluding carboxylic acids is 1. The molecule has 1 aromatic heterocycles. The van der Waals surface area contributed by atoms with Gasteiger partial charge < -0.3 is 9.15 Å². The number of hydrogen-bond donors (Lipinski definition) is 0. The molecule has 0 radical (unpaired) electrons. The third-order valence-corrected chi connectivity index (χ3v) is 3.22. The van der Waals surface area contributed by atoms with E-state index in [1.165, 1.54) is 0 Å². The van der Waals surface area contributed by atoms with E-state index >= 15 is 0 Å². The maximum atomic E-state index is 11.5. The molecule has 4 heteroatoms. The van der Waals surface area contributed by atoms with E-state index in [1.54, 1.807) is 13.0 Å². The van der Waals surface area contributed by atoms with Gasteiger partial charge in [0.1, 0.15) is 23.9 Å². The lowest BCUT2D eigenvalue weighted by Gasteiger charge is -2.16. The summed E-state index contributed by atoms with van der Waals surface area (Å²) in [7, 11) is 2.01. The fourth-order valence-corrected chi connectivity index (χ4v) is 2.11. The summed E-state index contributed by atoms with van der Waals surface area (Å²) in [6.07, 6.45) is 0. The fraction of sp³-hybridized carbons (Fsp3) is 0.353. The van der Waals surface area contributed by atoms with E-state index in [-0.39, 0.29) is 5.78 Å². The maximum absolute atomic E-state index is 11.5. The predicted molar refractivity (Wildman–Crippen MR) is 81.7 cm³/mol. The van der Waals surface area contributed by atoms with Crippen LogP contribution in [0.4, 0.5) is 0 Å². The second-order valence-electron chi connectivity index (χ2n) is 5.15. The van der Waals surface area contributed by atoms with Gasteiger partial charge in [-0.15, -0.1) is 0 Å². The summed E-state index contributed by atoms with van der Waals surface area (Å²) >= 11 is 0. The Hall–Kier alpha value is -2.07. The van der Waals surface area contributed by atoms with Crippen LogP contribution >= 0.6 is 0 Å². The standard InChI is InChI=1S/C17H21NO3/c1-13-8-9-15(21-13)12-18(3)10-11-20-17-7-5-4-6-16(17)14(2)19/h4-9H,10-12H2,1-3H3. The van der Waals surface area contributed by atoms with Gasteiger partial charge in [-0.1, -0.05) is 12.1 Å². The number of furan rings is 1. The van der Waals surface area contributed by atoms with E-state index in [0.29, 0.717) is 17.9 Å². The van der Waals surface area contributed by atoms with E-state index in [2.05, 4.69) is 4.90 Å². The van der Waals surface area contributed by atoms with Crippen molar-refractivity contribution in [3.8, 4) is 5.75 Å². The number of nitrogens with zero attached hydrogens (tertiary/aromatic N) is 1. The molecule has 2 rings (SSSR count). The summed E-state index contributed by atoms with van der Waals surface area (Å²) in [6, 6.07) is 11.3. The number of rotatable bonds is 7. The maximum Gasteiger partial charge on any atom is 0.163 e. The molecule has 0 aliphatic rings. The first kappa shape index (κ1) is 15.3. The highest BCUT2D eigenvalue weighted by Crippen LogP contribution is 2.18. The van der Waals surface area contributed by atoms with Gasteiger partial charge in [0.25, 0.3) is 0 Å². The Kier molecular flexibility index (Phi) is 5.17. The predicted octanol–water partition coefficient (Wildman–Crippen LogP) is 3.30. The van der Waals surface area contributed by atoms with Crippen LogP contribution in [-0.4, -0.2) is 30.9 Å². The molecular weight excluding hydrogens is 266 g/mol. The summed E-state index contributed by atoms with van der Waals surface area (Å²) in [4.78, 5) is 13.6. The average molecular weight is 287 g/mol. The molecule has 2 aromatic rings. The number of hydrogen-bond acceptors (Lipinski definition) is 4. The Labute approximate surface area is 125 Å². The molecule has 0 atom stereocenters. The molecule has 0 spiro atoms. The van der Waals surface area contributed by atoms with Gasteiger partial charge in [0.2, 0.25) is 0 Å². The van der Waals surface area contributed by atoms with Crippen molar-refractivity contribution in [3.05, 3.63) is 53.5 Å². The normalized spacial score (nSPS) is 10.9. The summed E-state index contributed by atoms with van der Waals surface area (Å²) in [5.41, 5.74) is 0.627. The van der Waals surface area contributed by atoms with Gasteiger partial charge in [0.05, 0.1) is 12.1 Å². The molecule has 0 saturated carbocycles. The molecular formula is C17H21NO3. The number of carbonyl (C=O) groups is 1. The minimum Gasteiger partial charge on any atom is -0.491 e. The van der Waals surface area contributed by atoms with Crippen LogP contribution in [0.25, 0.3) is 0 Å². The number of ketones is 1. The molecule has 4 nitrogen and oxygen atoms in total. The van der Waals surface area contributed by atoms with Crippen LogP contribution in [0, 0.1) is 6.92 Å². The molecule has 1 aromatic carbocycles. The average Bonchev–Trinajstić information content (AvgIpc) is 2.84. The van der Waals surface area contributed by atoms with E-state index in [9.17, 15) is 4.79 Å². The van der Waals surface area contributed by atoms with Gasteiger partial charge in [0, 0.05) is 6.54 Å². The van der Waals surface area contributed by atoms with Crippen LogP contribution in [0.5, 0.6) is 5.75 Å². The minimum absolute atomic E-state index is 0.0185. The van der Waals surface area contributed by atoms with Crippen molar-refractivity contribution < 1.29 is 13.9 Å². The zero-order chi connectivity index (χ0) is 15.2. The second-order valence-corrected chi connectivity index (χ2v) is 5.15. The Morgan fingerprint density at radius 2 is 2.00 bits per heavy atom. The van der Waals surface area contributed by atoms with E-state index in [0.717, 1.165) is 24.6 Å². The number of benzene rings is 1. The molecule has 21 heavy (non-hydrogen) atoms. The number of para-hydroxylation sites is 1. The third-order valence-electron chi connectivity index (χ3n) is 3.22. The van der Waals surface area contributed by atoms with Crippen LogP contribution in [0.15, 0.2) is 40.8 Å². The van der Waals surface area contributed by atoms with Crippen molar-refractivity contribution in [1.29, 1.82) is 0 Å². The zero-order valence-corrected chi connectivity index (χ0v) is 12.8. The topological polar surface area (TPSA) is 42.7 Å². The van der Waals surface area contributed by atoms with Gasteiger partial charge in [-0.2, -0.15) is 0 Å². The largest absolute Gasteiger partial charge is 0.491 e. The number of likely N-dealkylation sites (N-methyl/N-ethyl adjacent to an activating group) is 1. The van der Waals surface area contributed by atoms with Crippen molar-refractivity contribution in [1.82, 2.24) is 4.90 Å². The molecule has 0 aliphatic heterocycles. The number of aryl methyl sites for hydroxylation is 1. The monoisotopic (exact) mass is 287 g/mol. The van der Waals surface area contributed by atoms with Gasteiger partial charge in [-0.05, 0) is 45.2 Å². The molecule has 0 N–H and O–H groups in total. The fourth-order valence-electron chi connectivity index (χ4n) is 2.11. The third kappa shape index (κ3) is 4.46. The van der Waals surface area contributed by atoms with Gasteiger partial charge >= 0.3 is 0 Å². The highest BCUT2D eigenvalue weighted by Gasteiger charge is 2.08. The molecule has 0 bridgehead atoms. The molecule has 0 aliphatic carbocycles. The van der Waals surface area contributed by atoms with Gasteiger partial charge in [0.15, 0.2) is 5.78 Å². The first-order valence-electron chi connectivity index (χ1n) is 7.03. The molecule has 1 heterocycles. The van der Waals surface area contributed by atoms with Gasteiger partial charge in [-0.3, -0.25) is 9.69 Å². The van der Waals surface area contributed by atoms with Crippen LogP contribution in [0.2, 0.25) is 0 Å². The number of Topliss-reactive ketones (excluding diaryl/α,β-unsaturated/α-hetero) is 1. The molecule has 0 saturated heterocycles. The number of ether oxygens (including phenoxy) is 1. The van der Waals surface area contributed by atoms with Crippen molar-refractivity contribution >= 4 is 5.78 Å². The lowest BCUT2D eigenvalue weighted by atomic mass is 10.1. The van der Waals surface area contributed by atoms with E-state index in [1.807, 2.05) is 44.3 Å². The Bertz CT molecular complexity index is 604. The summed E-state index contributed by atoms with van der Waals surface area (Å²) in [5.74, 6) is 2.53. The van der Waals surface area contributed by atoms with Gasteiger partial charge in [-0.25, -0.2) is 0 Å². The molecule has 0 amide bonds. The van der Waals surface area contributed by atoms with Crippen molar-refractivity contribution in [3.63, 3.8) is 0 Å². The SMILES string of the molecule is CC(=O)c1ccccc1OCCN(C)Cc1ccc(C)o1. The lowest BCUT2D eigenvalue weighted by molar-refractivity contribution is 0.101. The first-order chi connectivity index (χ1) is 10.1. The van der Waals surface area contributed by atoms with E-state index in [4.69, 9.17) is 9.15 Å². The summed E-state index contributed by atoms with van der Waals surface area (Å²) in [5, 5.41) is 0. The van der Waals surface area contributed by atoms with Crippen molar-refractivity contribution in [2.24, 2.45) is 0 Å². The van der Waals surface area contributed by atoms with Crippen LogP contribution in [0.3, 0.4) is 0 Å². The highest BCUT2D eigenvalue weighted by molar-refractivity contribution is 5.96. The molecule has 112 valence electrons. The van der Waals surface area contributed by atoms with Crippen LogP contribution < -0.4 is 4.74 Å². The molecule has 0 fully saturated rings. The summed E-state index contributed by atoms with van der Waals surface area (Å²) in [6.45, 7) is 5.51. The lowest BCUT2D eigenvalue weighted by Crippen LogP contribution is -2.24. The Balaban J connectivity index is 1.83. The van der Waals surface area contributed by atoms with Crippen molar-refractivity contribution in [2.75, 3.05) is 20.2 Å². The Morgan fingerprint density at radius 1 is 1.24 bits per heavy atom. The van der Waals surface area contributed by atoms with Crippen molar-refractivity contribution in [2.45, 2.75) is 20.4 Å². The van der Waals surface area contributed by atoms with E-state index < -0.39 is 0 Å². The zero-order valence-electron chi connectivity index (χ0n) is 12.8. The summed E-state index contributed by atoms with van der Waals surface area (Å²) < 4.78 is 11.3. The van der Waals surface area contributed by atoms with Crippen LogP contribution in [-0.2, 0) is 6.54 Å². The Morgan fingerprint density at radius 3 is 2.67 bits per heavy atom. The highest BCUT2D eigenvalue weighted by atomic mass is 16.5. The second kappa shape index (κ2) is 7.09. The first-order valence-corrected chi connectivity index (χ1v) is 7.03. The minimum atomic E-state index is 0.0185. The van der Waals surface area contributed by atoms with Crippen LogP contribution in [0.1, 0.15) is 28.8 Å². The smallest absolute Gasteiger partial charge is 0.163 e. The molecule has 0 unspecified atom stereocenters.